The number of aldehydes is 1. The number of Topliss-reactive ketones (excluding diaryl/α,β-unsaturated/α-hetero) is 1. The van der Waals surface area contributed by atoms with Crippen LogP contribution in [0.4, 0.5) is 26.3 Å². The zero-order chi connectivity index (χ0) is 26.1. The maximum absolute atomic E-state index is 12.3. The van der Waals surface area contributed by atoms with Crippen molar-refractivity contribution >= 4 is 67.1 Å². The first-order valence-corrected chi connectivity index (χ1v) is 11.2. The minimum atomic E-state index is -4.75. The summed E-state index contributed by atoms with van der Waals surface area (Å²) in [4.78, 5) is 25.9. The number of imidazole rings is 1. The molecule has 0 radical (unpaired) electrons. The third-order valence-corrected chi connectivity index (χ3v) is 5.03. The Bertz CT molecular complexity index is 1100. The van der Waals surface area contributed by atoms with Crippen LogP contribution in [-0.4, -0.2) is 32.0 Å². The third-order valence-electron chi connectivity index (χ3n) is 3.52. The molecule has 3 aromatic rings. The van der Waals surface area contributed by atoms with Crippen LogP contribution < -0.4 is 0 Å². The number of hydrogen-bond donors (Lipinski definition) is 1. The summed E-state index contributed by atoms with van der Waals surface area (Å²) in [6.45, 7) is 0. The van der Waals surface area contributed by atoms with Crippen molar-refractivity contribution in [2.24, 2.45) is 0 Å². The highest BCUT2D eigenvalue weighted by molar-refractivity contribution is 9.25. The highest BCUT2D eigenvalue weighted by Crippen LogP contribution is 2.31. The molecular formula is C20H12Br2Cl2F6N2O2. The largest absolute Gasteiger partial charge is 0.452 e. The summed E-state index contributed by atoms with van der Waals surface area (Å²) in [6, 6.07) is 13.5. The molecule has 0 saturated carbocycles. The van der Waals surface area contributed by atoms with Crippen molar-refractivity contribution in [1.82, 2.24) is 9.97 Å². The monoisotopic (exact) mass is 654 g/mol. The standard InChI is InChI=1S/C10H6ClF3N2.C7H5ClO.C3HBr2F3O/c11-7-4-2-1-3-6(7)9-15-5-8(16-9)10(12,13)14;8-7-4-2-1-3-6(7)5-9;4-2(5)1(9)3(6,7)8/h1-5H,(H,15,16);1-5H;2H. The topological polar surface area (TPSA) is 62.8 Å². The lowest BCUT2D eigenvalue weighted by atomic mass is 10.2. The number of aromatic amines is 1. The number of H-pyrrole nitrogens is 1. The number of halogens is 10. The van der Waals surface area contributed by atoms with Gasteiger partial charge in [0.25, 0.3) is 5.78 Å². The van der Waals surface area contributed by atoms with E-state index in [9.17, 15) is 35.9 Å². The van der Waals surface area contributed by atoms with Gasteiger partial charge in [0.05, 0.1) is 16.2 Å². The molecule has 3 rings (SSSR count). The quantitative estimate of drug-likeness (QED) is 0.176. The van der Waals surface area contributed by atoms with Crippen LogP contribution in [-0.2, 0) is 11.0 Å². The van der Waals surface area contributed by atoms with Crippen LogP contribution in [0.15, 0.2) is 54.7 Å². The van der Waals surface area contributed by atoms with Crippen LogP contribution in [0.25, 0.3) is 11.4 Å². The molecule has 1 N–H and O–H groups in total. The fourth-order valence-electron chi connectivity index (χ4n) is 1.95. The molecule has 184 valence electrons. The number of hydrogen-bond acceptors (Lipinski definition) is 3. The summed E-state index contributed by atoms with van der Waals surface area (Å²) in [5.41, 5.74) is 0.0984. The van der Waals surface area contributed by atoms with Crippen molar-refractivity contribution in [2.75, 3.05) is 0 Å². The first-order chi connectivity index (χ1) is 15.7. The summed E-state index contributed by atoms with van der Waals surface area (Å²) in [5.74, 6) is -1.72. The molecule has 0 aliphatic rings. The van der Waals surface area contributed by atoms with Gasteiger partial charge in [0.2, 0.25) is 0 Å². The van der Waals surface area contributed by atoms with Gasteiger partial charge in [-0.3, -0.25) is 9.59 Å². The lowest BCUT2D eigenvalue weighted by Crippen LogP contribution is -2.27. The fraction of sp³-hybridized carbons (Fsp3) is 0.150. The molecule has 1 aromatic heterocycles. The molecule has 0 fully saturated rings. The lowest BCUT2D eigenvalue weighted by Gasteiger charge is -2.03. The summed E-state index contributed by atoms with van der Waals surface area (Å²) in [7, 11) is 0. The molecule has 2 aromatic carbocycles. The Hall–Kier alpha value is -1.89. The molecule has 0 spiro atoms. The van der Waals surface area contributed by atoms with Gasteiger partial charge < -0.3 is 4.98 Å². The van der Waals surface area contributed by atoms with Crippen LogP contribution in [0.2, 0.25) is 10.0 Å². The second-order valence-corrected chi connectivity index (χ2v) is 9.80. The second-order valence-electron chi connectivity index (χ2n) is 5.93. The Balaban J connectivity index is 0.000000276. The van der Waals surface area contributed by atoms with E-state index in [1.54, 1.807) is 48.5 Å². The molecule has 4 nitrogen and oxygen atoms in total. The lowest BCUT2D eigenvalue weighted by molar-refractivity contribution is -0.168. The van der Waals surface area contributed by atoms with Crippen LogP contribution in [0.1, 0.15) is 16.1 Å². The molecule has 0 unspecified atom stereocenters. The zero-order valence-electron chi connectivity index (χ0n) is 16.4. The maximum Gasteiger partial charge on any atom is 0.452 e. The smallest absolute Gasteiger partial charge is 0.334 e. The van der Waals surface area contributed by atoms with Crippen molar-refractivity contribution in [3.8, 4) is 11.4 Å². The van der Waals surface area contributed by atoms with Crippen LogP contribution in [0.5, 0.6) is 0 Å². The highest BCUT2D eigenvalue weighted by atomic mass is 79.9. The van der Waals surface area contributed by atoms with Crippen molar-refractivity contribution < 1.29 is 35.9 Å². The summed E-state index contributed by atoms with van der Waals surface area (Å²) < 4.78 is 69.5. The van der Waals surface area contributed by atoms with Crippen LogP contribution in [0.3, 0.4) is 0 Å². The van der Waals surface area contributed by atoms with Gasteiger partial charge in [0, 0.05) is 11.1 Å². The summed E-state index contributed by atoms with van der Waals surface area (Å²) in [5, 5.41) is 0.859. The van der Waals surface area contributed by atoms with E-state index in [-0.39, 0.29) is 5.82 Å². The third kappa shape index (κ3) is 9.77. The molecule has 0 aliphatic heterocycles. The number of carbonyl (C=O) groups excluding carboxylic acids is 2. The van der Waals surface area contributed by atoms with E-state index >= 15 is 0 Å². The fourth-order valence-corrected chi connectivity index (χ4v) is 2.87. The molecule has 1 heterocycles. The number of aromatic nitrogens is 2. The number of ketones is 1. The van der Waals surface area contributed by atoms with Gasteiger partial charge in [-0.15, -0.1) is 0 Å². The number of nitrogens with zero attached hydrogens (tertiary/aromatic N) is 1. The normalized spacial score (nSPS) is 11.1. The summed E-state index contributed by atoms with van der Waals surface area (Å²) >= 11 is 16.3. The minimum absolute atomic E-state index is 0.109. The van der Waals surface area contributed by atoms with E-state index in [0.29, 0.717) is 21.2 Å². The number of rotatable bonds is 3. The highest BCUT2D eigenvalue weighted by Gasteiger charge is 2.41. The number of carbonyl (C=O) groups is 2. The Labute approximate surface area is 215 Å². The van der Waals surface area contributed by atoms with E-state index in [1.165, 1.54) is 0 Å². The predicted octanol–water partition coefficient (Wildman–Crippen LogP) is 8.14. The molecular weight excluding hydrogens is 645 g/mol. The predicted molar refractivity (Wildman–Crippen MR) is 124 cm³/mol. The molecule has 14 heteroatoms. The number of nitrogens with one attached hydrogen (secondary N) is 1. The summed E-state index contributed by atoms with van der Waals surface area (Å²) in [6.07, 6.45) is -7.69. The average molecular weight is 657 g/mol. The molecule has 0 atom stereocenters. The van der Waals surface area contributed by atoms with E-state index in [1.807, 2.05) is 0 Å². The van der Waals surface area contributed by atoms with Crippen LogP contribution in [0, 0.1) is 0 Å². The van der Waals surface area contributed by atoms with Gasteiger partial charge >= 0.3 is 12.4 Å². The van der Waals surface area contributed by atoms with Crippen molar-refractivity contribution in [3.63, 3.8) is 0 Å². The maximum atomic E-state index is 12.3. The molecule has 0 bridgehead atoms. The van der Waals surface area contributed by atoms with Crippen molar-refractivity contribution in [3.05, 3.63) is 76.0 Å². The second kappa shape index (κ2) is 13.3. The van der Waals surface area contributed by atoms with Gasteiger partial charge in [0.1, 0.15) is 15.3 Å². The molecule has 0 amide bonds. The Morgan fingerprint density at radius 1 is 0.941 bits per heavy atom. The Morgan fingerprint density at radius 2 is 1.47 bits per heavy atom. The molecule has 0 aliphatic carbocycles. The van der Waals surface area contributed by atoms with E-state index in [0.717, 1.165) is 12.5 Å². The first-order valence-electron chi connectivity index (χ1n) is 8.64. The van der Waals surface area contributed by atoms with E-state index in [2.05, 4.69) is 41.8 Å². The molecule has 34 heavy (non-hydrogen) atoms. The van der Waals surface area contributed by atoms with Gasteiger partial charge in [-0.05, 0) is 18.2 Å². The van der Waals surface area contributed by atoms with Gasteiger partial charge in [-0.2, -0.15) is 26.3 Å². The average Bonchev–Trinajstić information content (AvgIpc) is 3.25. The van der Waals surface area contributed by atoms with E-state index < -0.39 is 27.6 Å². The number of alkyl halides is 8. The zero-order valence-corrected chi connectivity index (χ0v) is 21.1. The van der Waals surface area contributed by atoms with Crippen molar-refractivity contribution in [2.45, 2.75) is 16.1 Å². The van der Waals surface area contributed by atoms with Gasteiger partial charge in [-0.25, -0.2) is 4.98 Å². The van der Waals surface area contributed by atoms with Crippen molar-refractivity contribution in [1.29, 1.82) is 0 Å². The van der Waals surface area contributed by atoms with Crippen LogP contribution >= 0.6 is 55.1 Å². The van der Waals surface area contributed by atoms with E-state index in [4.69, 9.17) is 23.2 Å². The minimum Gasteiger partial charge on any atom is -0.334 e. The first kappa shape index (κ1) is 30.1. The Morgan fingerprint density at radius 3 is 1.82 bits per heavy atom. The van der Waals surface area contributed by atoms with Gasteiger partial charge in [0.15, 0.2) is 6.29 Å². The SMILES string of the molecule is FC(F)(F)c1cnc(-c2ccccc2Cl)[nH]1.O=C(C(Br)Br)C(F)(F)F.O=Cc1ccccc1Cl. The number of benzene rings is 2. The van der Waals surface area contributed by atoms with Gasteiger partial charge in [-0.1, -0.05) is 85.4 Å². The Kier molecular flexibility index (Phi) is 11.8. The molecule has 0 saturated heterocycles.